The molecule has 0 radical (unpaired) electrons. The third-order valence-electron chi connectivity index (χ3n) is 5.14. The number of aromatic nitrogens is 2. The Bertz CT molecular complexity index is 1160. The highest BCUT2D eigenvalue weighted by molar-refractivity contribution is 7.84. The van der Waals surface area contributed by atoms with Crippen LogP contribution in [0.5, 0.6) is 11.6 Å². The number of fused-ring (bicyclic) bond motifs is 6. The van der Waals surface area contributed by atoms with E-state index in [9.17, 15) is 8.78 Å². The molecule has 9 heteroatoms. The Morgan fingerprint density at radius 1 is 0.970 bits per heavy atom. The van der Waals surface area contributed by atoms with Gasteiger partial charge in [-0.05, 0) is 61.8 Å². The number of ether oxygens (including phenoxy) is 2. The van der Waals surface area contributed by atoms with Gasteiger partial charge >= 0.3 is 0 Å². The second kappa shape index (κ2) is 10.7. The molecule has 6 nitrogen and oxygen atoms in total. The molecule has 1 atom stereocenters. The quantitative estimate of drug-likeness (QED) is 0.478. The van der Waals surface area contributed by atoms with Gasteiger partial charge in [-0.25, -0.2) is 13.8 Å². The SMILES string of the molecule is CS(=N)Cc1cc2nc(c1)OCCCCCCOc1cc(F)ccc1-c1cc(ncc1F)N2. The van der Waals surface area contributed by atoms with Crippen LogP contribution in [-0.4, -0.2) is 29.4 Å². The van der Waals surface area contributed by atoms with Crippen LogP contribution in [0, 0.1) is 16.4 Å². The highest BCUT2D eigenvalue weighted by Crippen LogP contribution is 2.34. The molecular formula is C24H26F2N4O2S. The van der Waals surface area contributed by atoms with Gasteiger partial charge in [-0.1, -0.05) is 0 Å². The number of benzene rings is 1. The van der Waals surface area contributed by atoms with Crippen LogP contribution in [0.3, 0.4) is 0 Å². The minimum Gasteiger partial charge on any atom is -0.493 e. The van der Waals surface area contributed by atoms with Gasteiger partial charge in [-0.15, -0.1) is 10.7 Å². The summed E-state index contributed by atoms with van der Waals surface area (Å²) in [6.07, 6.45) is 6.51. The number of hydrogen-bond acceptors (Lipinski definition) is 6. The van der Waals surface area contributed by atoms with Gasteiger partial charge in [0.2, 0.25) is 5.88 Å². The number of anilines is 2. The zero-order chi connectivity index (χ0) is 23.2. The number of rotatable bonds is 2. The molecule has 0 aliphatic carbocycles. The summed E-state index contributed by atoms with van der Waals surface area (Å²) in [6.45, 7) is 0.940. The molecule has 1 unspecified atom stereocenters. The lowest BCUT2D eigenvalue weighted by Crippen LogP contribution is -2.04. The van der Waals surface area contributed by atoms with Gasteiger partial charge in [-0.3, -0.25) is 4.78 Å². The van der Waals surface area contributed by atoms with Crippen molar-refractivity contribution in [3.63, 3.8) is 0 Å². The van der Waals surface area contributed by atoms with Crippen molar-refractivity contribution >= 4 is 22.3 Å². The number of hydrogen-bond donors (Lipinski definition) is 2. The van der Waals surface area contributed by atoms with E-state index in [4.69, 9.17) is 14.3 Å². The lowest BCUT2D eigenvalue weighted by Gasteiger charge is -2.14. The Labute approximate surface area is 194 Å². The van der Waals surface area contributed by atoms with E-state index in [0.29, 0.717) is 47.8 Å². The molecule has 2 aromatic heterocycles. The Morgan fingerprint density at radius 3 is 2.55 bits per heavy atom. The fraction of sp³-hybridized carbons (Fsp3) is 0.333. The predicted molar refractivity (Wildman–Crippen MR) is 126 cm³/mol. The van der Waals surface area contributed by atoms with Crippen molar-refractivity contribution in [2.24, 2.45) is 0 Å². The van der Waals surface area contributed by atoms with Crippen LogP contribution in [0.15, 0.2) is 42.6 Å². The summed E-state index contributed by atoms with van der Waals surface area (Å²) in [5, 5.41) is 3.12. The minimum absolute atomic E-state index is 0.251. The van der Waals surface area contributed by atoms with Crippen molar-refractivity contribution in [1.82, 2.24) is 9.97 Å². The van der Waals surface area contributed by atoms with E-state index >= 15 is 0 Å². The maximum atomic E-state index is 14.8. The Kier molecular flexibility index (Phi) is 7.49. The molecule has 33 heavy (non-hydrogen) atoms. The van der Waals surface area contributed by atoms with Crippen molar-refractivity contribution in [3.8, 4) is 22.8 Å². The first kappa shape index (κ1) is 23.1. The molecule has 3 heterocycles. The number of halogens is 2. The Morgan fingerprint density at radius 2 is 1.76 bits per heavy atom. The zero-order valence-electron chi connectivity index (χ0n) is 18.4. The first-order valence-corrected chi connectivity index (χ1v) is 12.6. The van der Waals surface area contributed by atoms with E-state index in [1.54, 1.807) is 6.07 Å². The monoisotopic (exact) mass is 472 g/mol. The van der Waals surface area contributed by atoms with Crippen LogP contribution in [0.1, 0.15) is 31.2 Å². The zero-order valence-corrected chi connectivity index (χ0v) is 19.2. The van der Waals surface area contributed by atoms with E-state index in [2.05, 4.69) is 15.3 Å². The largest absolute Gasteiger partial charge is 0.493 e. The molecule has 1 aliphatic rings. The van der Waals surface area contributed by atoms with E-state index < -0.39 is 22.3 Å². The molecule has 0 saturated heterocycles. The van der Waals surface area contributed by atoms with E-state index in [1.165, 1.54) is 18.2 Å². The molecule has 0 spiro atoms. The van der Waals surface area contributed by atoms with E-state index in [-0.39, 0.29) is 5.56 Å². The van der Waals surface area contributed by atoms with E-state index in [1.807, 2.05) is 18.4 Å². The molecule has 0 fully saturated rings. The molecule has 0 amide bonds. The van der Waals surface area contributed by atoms with Crippen LogP contribution in [0.4, 0.5) is 20.4 Å². The van der Waals surface area contributed by atoms with Gasteiger partial charge < -0.3 is 14.8 Å². The lowest BCUT2D eigenvalue weighted by atomic mass is 10.0. The number of nitrogens with one attached hydrogen (secondary N) is 2. The summed E-state index contributed by atoms with van der Waals surface area (Å²) in [4.78, 5) is 8.67. The number of nitrogens with zero attached hydrogens (tertiary/aromatic N) is 2. The molecule has 0 saturated carbocycles. The maximum Gasteiger partial charge on any atom is 0.215 e. The van der Waals surface area contributed by atoms with Crippen molar-refractivity contribution in [1.29, 1.82) is 4.78 Å². The van der Waals surface area contributed by atoms with Crippen LogP contribution < -0.4 is 14.8 Å². The fourth-order valence-electron chi connectivity index (χ4n) is 3.63. The average molecular weight is 473 g/mol. The van der Waals surface area contributed by atoms with Crippen molar-refractivity contribution in [2.75, 3.05) is 24.8 Å². The average Bonchev–Trinajstić information content (AvgIpc) is 2.76. The summed E-state index contributed by atoms with van der Waals surface area (Å²) in [6, 6.07) is 9.34. The van der Waals surface area contributed by atoms with Gasteiger partial charge in [0, 0.05) is 29.0 Å². The van der Waals surface area contributed by atoms with Crippen LogP contribution >= 0.6 is 0 Å². The summed E-state index contributed by atoms with van der Waals surface area (Å²) in [7, 11) is -0.540. The van der Waals surface area contributed by atoms with Gasteiger partial charge in [0.1, 0.15) is 29.0 Å². The highest BCUT2D eigenvalue weighted by Gasteiger charge is 2.15. The van der Waals surface area contributed by atoms with Crippen LogP contribution in [-0.2, 0) is 16.4 Å². The molecule has 1 aliphatic heterocycles. The second-order valence-electron chi connectivity index (χ2n) is 7.91. The first-order chi connectivity index (χ1) is 16.0. The first-order valence-electron chi connectivity index (χ1n) is 10.8. The van der Waals surface area contributed by atoms with Gasteiger partial charge in [-0.2, -0.15) is 4.98 Å². The molecule has 2 N–H and O–H groups in total. The normalized spacial score (nSPS) is 15.2. The minimum atomic E-state index is -0.540. The molecule has 4 rings (SSSR count). The fourth-order valence-corrected chi connectivity index (χ4v) is 4.30. The van der Waals surface area contributed by atoms with Crippen molar-refractivity contribution in [3.05, 3.63) is 59.8 Å². The van der Waals surface area contributed by atoms with Crippen molar-refractivity contribution < 1.29 is 18.3 Å². The second-order valence-corrected chi connectivity index (χ2v) is 9.47. The summed E-state index contributed by atoms with van der Waals surface area (Å²) in [5.74, 6) is 1.25. The van der Waals surface area contributed by atoms with Gasteiger partial charge in [0.25, 0.3) is 0 Å². The molecule has 1 aromatic carbocycles. The summed E-state index contributed by atoms with van der Waals surface area (Å²) >= 11 is 0. The standard InChI is InChI=1S/C24H26F2N4O2S/c1-33(27)15-16-10-23-29-22-13-19(20(26)14-28-22)18-7-6-17(25)12-21(18)31-8-4-2-3-5-9-32-24(11-16)30-23/h6-7,10-14,27H,2-5,8-9,15H2,1H3,(H,28,29,30). The Balaban J connectivity index is 1.75. The van der Waals surface area contributed by atoms with Crippen LogP contribution in [0.25, 0.3) is 11.1 Å². The highest BCUT2D eigenvalue weighted by atomic mass is 32.2. The molecule has 3 aromatic rings. The predicted octanol–water partition coefficient (Wildman–Crippen LogP) is 6.01. The third-order valence-corrected chi connectivity index (χ3v) is 5.90. The van der Waals surface area contributed by atoms with Gasteiger partial charge in [0.15, 0.2) is 0 Å². The maximum absolute atomic E-state index is 14.8. The third kappa shape index (κ3) is 6.25. The topological polar surface area (TPSA) is 80.1 Å². The smallest absolute Gasteiger partial charge is 0.215 e. The summed E-state index contributed by atoms with van der Waals surface area (Å²) in [5.41, 5.74) is 1.64. The Hall–Kier alpha value is -3.07. The molecule has 4 bridgehead atoms. The van der Waals surface area contributed by atoms with Crippen molar-refractivity contribution in [2.45, 2.75) is 31.4 Å². The molecule has 174 valence electrons. The lowest BCUT2D eigenvalue weighted by molar-refractivity contribution is 0.281. The molecular weight excluding hydrogens is 446 g/mol. The van der Waals surface area contributed by atoms with Gasteiger partial charge in [0.05, 0.1) is 19.4 Å². The number of pyridine rings is 2. The van der Waals surface area contributed by atoms with E-state index in [0.717, 1.165) is 37.4 Å². The summed E-state index contributed by atoms with van der Waals surface area (Å²) < 4.78 is 48.3. The van der Waals surface area contributed by atoms with Crippen LogP contribution in [0.2, 0.25) is 0 Å².